The number of nitrogens with zero attached hydrogens (tertiary/aromatic N) is 6. The molecule has 0 atom stereocenters. The van der Waals surface area contributed by atoms with Crippen molar-refractivity contribution in [2.45, 2.75) is 50.9 Å². The molecule has 2 aromatic carbocycles. The molecule has 25 heteroatoms. The Balaban J connectivity index is 0.000000650. The molecule has 0 unspecified atom stereocenters. The highest BCUT2D eigenvalue weighted by Gasteiger charge is 2.57. The Morgan fingerprint density at radius 1 is 0.619 bits per heavy atom. The topological polar surface area (TPSA) is 287 Å². The number of imide groups is 2. The van der Waals surface area contributed by atoms with Crippen LogP contribution >= 0.6 is 31.9 Å². The quantitative estimate of drug-likeness (QED) is 0.0310. The number of urea groups is 1. The number of barbiturate groups is 1. The zero-order chi connectivity index (χ0) is 47.3. The van der Waals surface area contributed by atoms with Gasteiger partial charge in [0.1, 0.15) is 5.41 Å². The maximum Gasteiger partial charge on any atom is 0.490 e. The van der Waals surface area contributed by atoms with E-state index >= 15 is 0 Å². The number of rotatable bonds is 14. The highest BCUT2D eigenvalue weighted by atomic mass is 79.9. The van der Waals surface area contributed by atoms with Gasteiger partial charge in [-0.05, 0) is 74.2 Å². The summed E-state index contributed by atoms with van der Waals surface area (Å²) in [5.41, 5.74) is 22.7. The summed E-state index contributed by atoms with van der Waals surface area (Å²) >= 11 is 7.00. The molecule has 0 spiro atoms. The van der Waals surface area contributed by atoms with Gasteiger partial charge < -0.3 is 33.1 Å². The van der Waals surface area contributed by atoms with Gasteiger partial charge in [-0.3, -0.25) is 39.3 Å². The SMILES string of the molecule is NC(N)=NCCCCN1C(=O)N(CCCCN=C(N)N)C(=O)C(Cc2ccc3cc(Br)ccc3n2)(Cc2ccc3cc(Br)ccc3n2)C1=O.O=C(O)C(F)(F)F.O=C(O)C(F)(F)F. The van der Waals surface area contributed by atoms with E-state index in [2.05, 4.69) is 41.8 Å². The molecule has 0 bridgehead atoms. The van der Waals surface area contributed by atoms with Crippen LogP contribution in [-0.2, 0) is 32.0 Å². The molecule has 2 aromatic heterocycles. The van der Waals surface area contributed by atoms with Gasteiger partial charge >= 0.3 is 30.3 Å². The molecule has 17 nitrogen and oxygen atoms in total. The molecule has 4 amide bonds. The monoisotopic (exact) mass is 1020 g/mol. The summed E-state index contributed by atoms with van der Waals surface area (Å²) in [6.45, 7) is 0.835. The largest absolute Gasteiger partial charge is 0.490 e. The molecule has 1 aliphatic heterocycles. The number of hydrogen-bond donors (Lipinski definition) is 6. The predicted molar refractivity (Wildman–Crippen MR) is 225 cm³/mol. The zero-order valence-corrected chi connectivity index (χ0v) is 36.0. The Morgan fingerprint density at radius 3 is 1.29 bits per heavy atom. The summed E-state index contributed by atoms with van der Waals surface area (Å²) in [4.78, 5) is 81.3. The summed E-state index contributed by atoms with van der Waals surface area (Å²) < 4.78 is 65.3. The fraction of sp³-hybridized carbons (Fsp3) is 0.342. The molecular formula is C38H40Br2F6N10O7. The van der Waals surface area contributed by atoms with Crippen molar-refractivity contribution in [2.24, 2.45) is 38.3 Å². The normalized spacial score (nSPS) is 13.7. The third-order valence-electron chi connectivity index (χ3n) is 8.81. The molecule has 0 radical (unpaired) electrons. The Hall–Kier alpha value is -6.11. The van der Waals surface area contributed by atoms with Crippen LogP contribution in [0.5, 0.6) is 0 Å². The van der Waals surface area contributed by atoms with Crippen LogP contribution in [0.1, 0.15) is 37.1 Å². The van der Waals surface area contributed by atoms with Crippen LogP contribution in [0.25, 0.3) is 21.8 Å². The Labute approximate surface area is 370 Å². The number of halogens is 8. The number of amides is 4. The molecule has 63 heavy (non-hydrogen) atoms. The van der Waals surface area contributed by atoms with Gasteiger partial charge in [0.25, 0.3) is 0 Å². The number of alkyl halides is 6. The van der Waals surface area contributed by atoms with Gasteiger partial charge in [0.2, 0.25) is 11.8 Å². The third-order valence-corrected chi connectivity index (χ3v) is 9.79. The van der Waals surface area contributed by atoms with E-state index in [9.17, 15) is 40.7 Å². The standard InChI is InChI=1S/C34H38Br2N10O3.2C2HF3O2/c35-23-7-11-27-21(17-23)5-9-25(43-27)19-34(20-26-10-6-22-18-24(36)8-12-28(22)44-26)29(47)45(15-3-1-13-41-31(37)38)33(49)46(30(34)48)16-4-2-14-42-32(39)40;2*3-2(4,5)1(6)7/h5-12,17-18H,1-4,13-16,19-20H2,(H4,37,38,41)(H4,39,40,42);2*(H,6,7). The number of carbonyl (C=O) groups excluding carboxylic acids is 3. The van der Waals surface area contributed by atoms with Crippen molar-refractivity contribution in [1.29, 1.82) is 0 Å². The van der Waals surface area contributed by atoms with Crippen LogP contribution in [-0.4, -0.2) is 110 Å². The summed E-state index contributed by atoms with van der Waals surface area (Å²) in [6, 6.07) is 18.2. The van der Waals surface area contributed by atoms with Crippen molar-refractivity contribution in [3.8, 4) is 0 Å². The zero-order valence-electron chi connectivity index (χ0n) is 32.8. The lowest BCUT2D eigenvalue weighted by atomic mass is 9.74. The molecule has 3 heterocycles. The third kappa shape index (κ3) is 15.0. The Morgan fingerprint density at radius 2 is 0.968 bits per heavy atom. The van der Waals surface area contributed by atoms with Crippen molar-refractivity contribution >= 4 is 95.4 Å². The number of aromatic nitrogens is 2. The molecule has 0 saturated carbocycles. The number of aliphatic imine (C=N–C) groups is 2. The minimum absolute atomic E-state index is 0.0351. The van der Waals surface area contributed by atoms with E-state index in [4.69, 9.17) is 52.7 Å². The molecule has 0 aliphatic carbocycles. The first-order valence-electron chi connectivity index (χ1n) is 18.3. The summed E-state index contributed by atoms with van der Waals surface area (Å²) in [7, 11) is 0. The van der Waals surface area contributed by atoms with Crippen molar-refractivity contribution in [1.82, 2.24) is 19.8 Å². The molecule has 1 fully saturated rings. The number of carbonyl (C=O) groups is 5. The minimum atomic E-state index is -5.08. The summed E-state index contributed by atoms with van der Waals surface area (Å²) in [5.74, 6) is -6.76. The van der Waals surface area contributed by atoms with Gasteiger partial charge in [0, 0.05) is 70.1 Å². The van der Waals surface area contributed by atoms with E-state index in [1.165, 1.54) is 9.80 Å². The highest BCUT2D eigenvalue weighted by Crippen LogP contribution is 2.38. The number of fused-ring (bicyclic) bond motifs is 2. The number of guanidine groups is 2. The second kappa shape index (κ2) is 22.3. The van der Waals surface area contributed by atoms with Crippen LogP contribution in [0, 0.1) is 5.41 Å². The van der Waals surface area contributed by atoms with Crippen LogP contribution in [0.3, 0.4) is 0 Å². The smallest absolute Gasteiger partial charge is 0.475 e. The van der Waals surface area contributed by atoms with Gasteiger partial charge in [-0.2, -0.15) is 26.3 Å². The summed E-state index contributed by atoms with van der Waals surface area (Å²) in [5, 5.41) is 16.0. The highest BCUT2D eigenvalue weighted by molar-refractivity contribution is 9.10. The number of aliphatic carboxylic acids is 2. The Kier molecular flexibility index (Phi) is 18.1. The van der Waals surface area contributed by atoms with Crippen molar-refractivity contribution in [2.75, 3.05) is 26.2 Å². The summed E-state index contributed by atoms with van der Waals surface area (Å²) in [6.07, 6.45) is -8.33. The van der Waals surface area contributed by atoms with Crippen LogP contribution in [0.2, 0.25) is 0 Å². The lowest BCUT2D eigenvalue weighted by Crippen LogP contribution is -2.66. The second-order valence-electron chi connectivity index (χ2n) is 13.5. The molecule has 10 N–H and O–H groups in total. The number of pyridine rings is 2. The number of carboxylic acids is 2. The lowest BCUT2D eigenvalue weighted by Gasteiger charge is -2.44. The second-order valence-corrected chi connectivity index (χ2v) is 15.4. The lowest BCUT2D eigenvalue weighted by molar-refractivity contribution is -0.193. The number of benzene rings is 2. The molecule has 1 saturated heterocycles. The number of unbranched alkanes of at least 4 members (excludes halogenated alkanes) is 2. The van der Waals surface area contributed by atoms with Gasteiger partial charge in [-0.1, -0.05) is 44.0 Å². The van der Waals surface area contributed by atoms with E-state index in [-0.39, 0.29) is 37.9 Å². The fourth-order valence-electron chi connectivity index (χ4n) is 5.96. The van der Waals surface area contributed by atoms with Gasteiger partial charge in [-0.25, -0.2) is 14.4 Å². The first-order chi connectivity index (χ1) is 29.3. The number of hydrogen-bond acceptors (Lipinski definition) is 9. The van der Waals surface area contributed by atoms with Crippen LogP contribution in [0.15, 0.2) is 79.6 Å². The van der Waals surface area contributed by atoms with Gasteiger partial charge in [-0.15, -0.1) is 0 Å². The van der Waals surface area contributed by atoms with E-state index in [0.29, 0.717) is 61.2 Å². The maximum atomic E-state index is 14.7. The molecular weight excluding hydrogens is 982 g/mol. The van der Waals surface area contributed by atoms with E-state index in [0.717, 1.165) is 19.7 Å². The molecule has 5 rings (SSSR count). The molecule has 1 aliphatic rings. The van der Waals surface area contributed by atoms with E-state index < -0.39 is 47.6 Å². The fourth-order valence-corrected chi connectivity index (χ4v) is 6.72. The van der Waals surface area contributed by atoms with Crippen LogP contribution < -0.4 is 22.9 Å². The van der Waals surface area contributed by atoms with Crippen molar-refractivity contribution in [3.05, 3.63) is 81.0 Å². The van der Waals surface area contributed by atoms with E-state index in [1.54, 1.807) is 0 Å². The first kappa shape index (κ1) is 51.2. The Bertz CT molecular complexity index is 2220. The van der Waals surface area contributed by atoms with Crippen molar-refractivity contribution < 1.29 is 60.5 Å². The van der Waals surface area contributed by atoms with Crippen molar-refractivity contribution in [3.63, 3.8) is 0 Å². The number of nitrogens with two attached hydrogens (primary N) is 4. The first-order valence-corrected chi connectivity index (χ1v) is 19.9. The van der Waals surface area contributed by atoms with Crippen LogP contribution in [0.4, 0.5) is 31.1 Å². The average molecular weight is 1020 g/mol. The van der Waals surface area contributed by atoms with Gasteiger partial charge in [0.05, 0.1) is 11.0 Å². The molecule has 340 valence electrons. The molecule has 4 aromatic rings. The van der Waals surface area contributed by atoms with E-state index in [1.807, 2.05) is 60.7 Å². The maximum absolute atomic E-state index is 14.7. The minimum Gasteiger partial charge on any atom is -0.475 e. The predicted octanol–water partition coefficient (Wildman–Crippen LogP) is 5.24. The number of carboxylic acid groups (broad SMARTS) is 2. The average Bonchev–Trinajstić information content (AvgIpc) is 3.18. The van der Waals surface area contributed by atoms with Gasteiger partial charge in [0.15, 0.2) is 11.9 Å².